The van der Waals surface area contributed by atoms with E-state index in [1.54, 1.807) is 25.3 Å². The molecule has 2 amide bonds. The predicted octanol–water partition coefficient (Wildman–Crippen LogP) is 0.120. The first-order valence-corrected chi connectivity index (χ1v) is 6.67. The molecule has 7 nitrogen and oxygen atoms in total. The van der Waals surface area contributed by atoms with Crippen molar-refractivity contribution in [3.8, 4) is 11.5 Å². The van der Waals surface area contributed by atoms with Gasteiger partial charge in [-0.1, -0.05) is 0 Å². The Morgan fingerprint density at radius 1 is 1.33 bits per heavy atom. The number of methoxy groups -OCH3 is 2. The van der Waals surface area contributed by atoms with E-state index in [2.05, 4.69) is 16.0 Å². The van der Waals surface area contributed by atoms with Crippen LogP contribution in [0.25, 0.3) is 0 Å². The van der Waals surface area contributed by atoms with Crippen LogP contribution in [0, 0.1) is 0 Å². The zero-order chi connectivity index (χ0) is 15.2. The maximum atomic E-state index is 12.1. The smallest absolute Gasteiger partial charge is 0.237 e. The van der Waals surface area contributed by atoms with Crippen LogP contribution in [-0.2, 0) is 9.59 Å². The normalized spacial score (nSPS) is 17.8. The van der Waals surface area contributed by atoms with Gasteiger partial charge in [0.1, 0.15) is 11.5 Å². The van der Waals surface area contributed by atoms with Crippen LogP contribution in [-0.4, -0.2) is 45.2 Å². The van der Waals surface area contributed by atoms with Crippen molar-refractivity contribution in [1.29, 1.82) is 0 Å². The van der Waals surface area contributed by atoms with Crippen molar-refractivity contribution in [2.45, 2.75) is 12.5 Å². The number of nitrogens with one attached hydrogen (secondary N) is 3. The zero-order valence-electron chi connectivity index (χ0n) is 12.1. The summed E-state index contributed by atoms with van der Waals surface area (Å²) in [7, 11) is 3.07. The highest BCUT2D eigenvalue weighted by molar-refractivity contribution is 5.96. The average molecular weight is 293 g/mol. The first kappa shape index (κ1) is 15.1. The van der Waals surface area contributed by atoms with Crippen LogP contribution in [0.4, 0.5) is 5.69 Å². The van der Waals surface area contributed by atoms with Crippen molar-refractivity contribution < 1.29 is 19.1 Å². The minimum Gasteiger partial charge on any atom is -0.497 e. The summed E-state index contributed by atoms with van der Waals surface area (Å²) in [4.78, 5) is 23.7. The summed E-state index contributed by atoms with van der Waals surface area (Å²) in [6.07, 6.45) is 0.0617. The van der Waals surface area contributed by atoms with E-state index in [0.29, 0.717) is 30.3 Å². The Balaban J connectivity index is 2.03. The van der Waals surface area contributed by atoms with Crippen LogP contribution in [0.3, 0.4) is 0 Å². The summed E-state index contributed by atoms with van der Waals surface area (Å²) in [5.41, 5.74) is 0.512. The number of carbonyl (C=O) groups is 2. The molecule has 1 fully saturated rings. The summed E-state index contributed by atoms with van der Waals surface area (Å²) in [5.74, 6) is 0.718. The molecule has 0 radical (unpaired) electrons. The molecule has 1 atom stereocenters. The molecule has 0 bridgehead atoms. The predicted molar refractivity (Wildman–Crippen MR) is 77.6 cm³/mol. The molecule has 1 aromatic carbocycles. The Labute approximate surface area is 123 Å². The third-order valence-corrected chi connectivity index (χ3v) is 3.20. The minimum absolute atomic E-state index is 0.0617. The van der Waals surface area contributed by atoms with Crippen LogP contribution in [0.5, 0.6) is 11.5 Å². The van der Waals surface area contributed by atoms with E-state index in [1.807, 2.05) is 0 Å². The Kier molecular flexibility index (Phi) is 4.99. The van der Waals surface area contributed by atoms with Gasteiger partial charge >= 0.3 is 0 Å². The fourth-order valence-electron chi connectivity index (χ4n) is 2.11. The monoisotopic (exact) mass is 293 g/mol. The maximum absolute atomic E-state index is 12.1. The summed E-state index contributed by atoms with van der Waals surface area (Å²) >= 11 is 0. The lowest BCUT2D eigenvalue weighted by atomic mass is 10.1. The van der Waals surface area contributed by atoms with Crippen molar-refractivity contribution in [2.75, 3.05) is 32.6 Å². The fraction of sp³-hybridized carbons (Fsp3) is 0.429. The summed E-state index contributed by atoms with van der Waals surface area (Å²) < 4.78 is 10.3. The molecule has 2 rings (SSSR count). The number of amides is 2. The van der Waals surface area contributed by atoms with Crippen LogP contribution in [0.15, 0.2) is 18.2 Å². The molecule has 0 aromatic heterocycles. The second-order valence-electron chi connectivity index (χ2n) is 4.62. The first-order chi connectivity index (χ1) is 10.1. The van der Waals surface area contributed by atoms with E-state index in [0.717, 1.165) is 0 Å². The van der Waals surface area contributed by atoms with Gasteiger partial charge in [0.15, 0.2) is 0 Å². The number of hydrogen-bond acceptors (Lipinski definition) is 5. The molecule has 1 aliphatic heterocycles. The van der Waals surface area contributed by atoms with Crippen molar-refractivity contribution in [3.05, 3.63) is 18.2 Å². The molecule has 1 saturated heterocycles. The molecule has 21 heavy (non-hydrogen) atoms. The van der Waals surface area contributed by atoms with Gasteiger partial charge in [-0.15, -0.1) is 0 Å². The quantitative estimate of drug-likeness (QED) is 0.717. The molecule has 7 heteroatoms. The molecule has 1 heterocycles. The van der Waals surface area contributed by atoms with Crippen LogP contribution in [0.2, 0.25) is 0 Å². The standard InChI is InChI=1S/C14H19N3O4/c1-20-9-3-4-12(21-2)10(7-9)17-13(18)8-11-14(19)16-6-5-15-11/h3-4,7,11,15H,5-6,8H2,1-2H3,(H,16,19)(H,17,18)/t11-/m0/s1. The molecular formula is C14H19N3O4. The lowest BCUT2D eigenvalue weighted by Gasteiger charge is -2.23. The summed E-state index contributed by atoms with van der Waals surface area (Å²) in [6, 6.07) is 4.62. The van der Waals surface area contributed by atoms with Gasteiger partial charge in [-0.25, -0.2) is 0 Å². The largest absolute Gasteiger partial charge is 0.497 e. The van der Waals surface area contributed by atoms with Crippen LogP contribution in [0.1, 0.15) is 6.42 Å². The Bertz CT molecular complexity index is 533. The first-order valence-electron chi connectivity index (χ1n) is 6.67. The number of benzene rings is 1. The van der Waals surface area contributed by atoms with Crippen molar-refractivity contribution >= 4 is 17.5 Å². The molecular weight excluding hydrogens is 274 g/mol. The number of rotatable bonds is 5. The Morgan fingerprint density at radius 3 is 2.81 bits per heavy atom. The Hall–Kier alpha value is -2.28. The van der Waals surface area contributed by atoms with Gasteiger partial charge in [0.25, 0.3) is 0 Å². The van der Waals surface area contributed by atoms with Gasteiger partial charge in [-0.05, 0) is 12.1 Å². The van der Waals surface area contributed by atoms with Crippen molar-refractivity contribution in [3.63, 3.8) is 0 Å². The van der Waals surface area contributed by atoms with Crippen LogP contribution < -0.4 is 25.4 Å². The van der Waals surface area contributed by atoms with Gasteiger partial charge in [-0.2, -0.15) is 0 Å². The highest BCUT2D eigenvalue weighted by Crippen LogP contribution is 2.29. The topological polar surface area (TPSA) is 88.7 Å². The number of ether oxygens (including phenoxy) is 2. The third kappa shape index (κ3) is 3.85. The number of hydrogen-bond donors (Lipinski definition) is 3. The molecule has 0 aliphatic carbocycles. The zero-order valence-corrected chi connectivity index (χ0v) is 12.1. The van der Waals surface area contributed by atoms with Crippen molar-refractivity contribution in [2.24, 2.45) is 0 Å². The summed E-state index contributed by atoms with van der Waals surface area (Å²) in [5, 5.41) is 8.46. The molecule has 0 spiro atoms. The van der Waals surface area contributed by atoms with Gasteiger partial charge in [0.05, 0.1) is 32.4 Å². The highest BCUT2D eigenvalue weighted by atomic mass is 16.5. The van der Waals surface area contributed by atoms with E-state index >= 15 is 0 Å². The van der Waals surface area contributed by atoms with Gasteiger partial charge < -0.3 is 25.4 Å². The molecule has 0 saturated carbocycles. The fourth-order valence-corrected chi connectivity index (χ4v) is 2.11. The van der Waals surface area contributed by atoms with E-state index in [4.69, 9.17) is 9.47 Å². The van der Waals surface area contributed by atoms with E-state index in [9.17, 15) is 9.59 Å². The van der Waals surface area contributed by atoms with Gasteiger partial charge in [0, 0.05) is 19.2 Å². The molecule has 0 unspecified atom stereocenters. The molecule has 1 aromatic rings. The van der Waals surface area contributed by atoms with E-state index in [1.165, 1.54) is 7.11 Å². The number of piperazine rings is 1. The van der Waals surface area contributed by atoms with E-state index < -0.39 is 6.04 Å². The average Bonchev–Trinajstić information content (AvgIpc) is 2.49. The lowest BCUT2D eigenvalue weighted by molar-refractivity contribution is -0.127. The van der Waals surface area contributed by atoms with Crippen LogP contribution >= 0.6 is 0 Å². The second kappa shape index (κ2) is 6.94. The Morgan fingerprint density at radius 2 is 2.14 bits per heavy atom. The van der Waals surface area contributed by atoms with Gasteiger partial charge in [0.2, 0.25) is 11.8 Å². The third-order valence-electron chi connectivity index (χ3n) is 3.20. The van der Waals surface area contributed by atoms with Crippen molar-refractivity contribution in [1.82, 2.24) is 10.6 Å². The SMILES string of the molecule is COc1ccc(OC)c(NC(=O)C[C@@H]2NCCNC2=O)c1. The molecule has 114 valence electrons. The maximum Gasteiger partial charge on any atom is 0.237 e. The van der Waals surface area contributed by atoms with E-state index in [-0.39, 0.29) is 18.2 Å². The number of carbonyl (C=O) groups excluding carboxylic acids is 2. The molecule has 3 N–H and O–H groups in total. The minimum atomic E-state index is -0.504. The highest BCUT2D eigenvalue weighted by Gasteiger charge is 2.24. The summed E-state index contributed by atoms with van der Waals surface area (Å²) in [6.45, 7) is 1.24. The number of anilines is 1. The molecule has 1 aliphatic rings. The second-order valence-corrected chi connectivity index (χ2v) is 4.62. The lowest BCUT2D eigenvalue weighted by Crippen LogP contribution is -2.53. The van der Waals surface area contributed by atoms with Gasteiger partial charge in [-0.3, -0.25) is 9.59 Å².